The topological polar surface area (TPSA) is 49.2 Å². The molecule has 0 aromatic carbocycles. The molecule has 1 aliphatic carbocycles. The maximum atomic E-state index is 9.24. The minimum absolute atomic E-state index is 0.143. The number of aliphatic hydroxyl groups is 1. The van der Waals surface area contributed by atoms with Gasteiger partial charge in [0, 0.05) is 18.2 Å². The van der Waals surface area contributed by atoms with Gasteiger partial charge >= 0.3 is 0 Å². The molecule has 1 aromatic rings. The van der Waals surface area contributed by atoms with Crippen LogP contribution in [-0.4, -0.2) is 34.3 Å². The Bertz CT molecular complexity index is 396. The zero-order valence-electron chi connectivity index (χ0n) is 10.8. The fraction of sp³-hybridized carbons (Fsp3) is 0.692. The zero-order chi connectivity index (χ0) is 13.0. The molecule has 1 aliphatic rings. The van der Waals surface area contributed by atoms with Gasteiger partial charge < -0.3 is 10.0 Å². The molecule has 0 unspecified atom stereocenters. The largest absolute Gasteiger partial charge is 0.395 e. The van der Waals surface area contributed by atoms with Crippen LogP contribution in [0.1, 0.15) is 38.2 Å². The monoisotopic (exact) mass is 269 g/mol. The van der Waals surface area contributed by atoms with E-state index in [9.17, 15) is 5.11 Å². The molecular formula is C13H20ClN3O. The Morgan fingerprint density at radius 3 is 2.78 bits per heavy atom. The summed E-state index contributed by atoms with van der Waals surface area (Å²) in [5.41, 5.74) is 1.02. The number of hydrogen-bond donors (Lipinski definition) is 1. The van der Waals surface area contributed by atoms with Gasteiger partial charge in [-0.3, -0.25) is 0 Å². The molecule has 0 bridgehead atoms. The highest BCUT2D eigenvalue weighted by Gasteiger charge is 2.27. The van der Waals surface area contributed by atoms with E-state index in [1.54, 1.807) is 0 Å². The predicted octanol–water partition coefficient (Wildman–Crippen LogP) is 2.43. The summed E-state index contributed by atoms with van der Waals surface area (Å²) in [6, 6.07) is 0.499. The molecule has 0 saturated heterocycles. The molecule has 1 heterocycles. The van der Waals surface area contributed by atoms with E-state index in [1.165, 1.54) is 25.6 Å². The molecular weight excluding hydrogens is 250 g/mol. The summed E-state index contributed by atoms with van der Waals surface area (Å²) >= 11 is 6.18. The molecule has 2 rings (SSSR count). The highest BCUT2D eigenvalue weighted by molar-refractivity contribution is 6.30. The maximum absolute atomic E-state index is 9.24. The Morgan fingerprint density at radius 2 is 2.22 bits per heavy atom. The number of aromatic nitrogens is 2. The van der Waals surface area contributed by atoms with Crippen LogP contribution < -0.4 is 4.90 Å². The van der Waals surface area contributed by atoms with Crippen molar-refractivity contribution in [2.75, 3.05) is 18.1 Å². The van der Waals surface area contributed by atoms with Crippen LogP contribution in [-0.2, 0) is 6.42 Å². The average molecular weight is 270 g/mol. The molecule has 18 heavy (non-hydrogen) atoms. The van der Waals surface area contributed by atoms with Crippen molar-refractivity contribution in [3.05, 3.63) is 17.0 Å². The van der Waals surface area contributed by atoms with Gasteiger partial charge in [0.05, 0.1) is 6.61 Å². The van der Waals surface area contributed by atoms with Crippen molar-refractivity contribution >= 4 is 17.4 Å². The summed E-state index contributed by atoms with van der Waals surface area (Å²) in [6.45, 7) is 2.88. The van der Waals surface area contributed by atoms with E-state index in [4.69, 9.17) is 11.6 Å². The normalized spacial score (nSPS) is 15.5. The third-order valence-electron chi connectivity index (χ3n) is 3.50. The number of aliphatic hydroxyl groups excluding tert-OH is 1. The first-order valence-corrected chi connectivity index (χ1v) is 7.02. The van der Waals surface area contributed by atoms with Gasteiger partial charge in [0.25, 0.3) is 0 Å². The van der Waals surface area contributed by atoms with Crippen molar-refractivity contribution < 1.29 is 5.11 Å². The highest BCUT2D eigenvalue weighted by atomic mass is 35.5. The summed E-state index contributed by atoms with van der Waals surface area (Å²) < 4.78 is 0. The maximum Gasteiger partial charge on any atom is 0.137 e. The first-order valence-electron chi connectivity index (χ1n) is 6.64. The average Bonchev–Trinajstić information content (AvgIpc) is 2.29. The second-order valence-corrected chi connectivity index (χ2v) is 5.08. The van der Waals surface area contributed by atoms with Crippen molar-refractivity contribution in [2.24, 2.45) is 0 Å². The lowest BCUT2D eigenvalue weighted by molar-refractivity contribution is 0.282. The van der Waals surface area contributed by atoms with E-state index < -0.39 is 0 Å². The van der Waals surface area contributed by atoms with E-state index in [0.29, 0.717) is 17.7 Å². The summed E-state index contributed by atoms with van der Waals surface area (Å²) in [7, 11) is 0. The van der Waals surface area contributed by atoms with Crippen LogP contribution in [0.15, 0.2) is 6.33 Å². The van der Waals surface area contributed by atoms with Crippen LogP contribution >= 0.6 is 11.6 Å². The molecule has 1 aromatic heterocycles. The second kappa shape index (κ2) is 6.34. The van der Waals surface area contributed by atoms with E-state index in [0.717, 1.165) is 24.2 Å². The van der Waals surface area contributed by atoms with E-state index in [1.807, 2.05) is 0 Å². The highest BCUT2D eigenvalue weighted by Crippen LogP contribution is 2.32. The number of nitrogens with zero attached hydrogens (tertiary/aromatic N) is 3. The molecule has 5 heteroatoms. The summed E-state index contributed by atoms with van der Waals surface area (Å²) in [5.74, 6) is 0.913. The van der Waals surface area contributed by atoms with Gasteiger partial charge in [0.1, 0.15) is 17.3 Å². The third kappa shape index (κ3) is 2.75. The Labute approximate surface area is 113 Å². The standard InChI is InChI=1S/C13H20ClN3O/c1-2-4-11-12(14)15-9-16-13(11)17(7-8-18)10-5-3-6-10/h9-10,18H,2-8H2,1H3. The first kappa shape index (κ1) is 13.6. The van der Waals surface area contributed by atoms with Gasteiger partial charge in [-0.2, -0.15) is 0 Å². The van der Waals surface area contributed by atoms with E-state index in [2.05, 4.69) is 21.8 Å². The second-order valence-electron chi connectivity index (χ2n) is 4.72. The molecule has 1 N–H and O–H groups in total. The molecule has 0 amide bonds. The molecule has 1 saturated carbocycles. The molecule has 100 valence electrons. The molecule has 0 spiro atoms. The molecule has 1 fully saturated rings. The lowest BCUT2D eigenvalue weighted by Crippen LogP contribution is -2.43. The van der Waals surface area contributed by atoms with Gasteiger partial charge in [-0.15, -0.1) is 0 Å². The fourth-order valence-corrected chi connectivity index (χ4v) is 2.58. The Morgan fingerprint density at radius 1 is 1.44 bits per heavy atom. The summed E-state index contributed by atoms with van der Waals surface area (Å²) in [6.07, 6.45) is 7.01. The van der Waals surface area contributed by atoms with Gasteiger partial charge in [0.15, 0.2) is 0 Å². The summed E-state index contributed by atoms with van der Waals surface area (Å²) in [4.78, 5) is 10.7. The van der Waals surface area contributed by atoms with Crippen LogP contribution in [0.25, 0.3) is 0 Å². The first-order chi connectivity index (χ1) is 8.77. The van der Waals surface area contributed by atoms with Crippen molar-refractivity contribution in [1.82, 2.24) is 9.97 Å². The SMILES string of the molecule is CCCc1c(Cl)ncnc1N(CCO)C1CCC1. The minimum Gasteiger partial charge on any atom is -0.395 e. The van der Waals surface area contributed by atoms with Crippen molar-refractivity contribution in [1.29, 1.82) is 0 Å². The summed E-state index contributed by atoms with van der Waals surface area (Å²) in [5, 5.41) is 9.78. The smallest absolute Gasteiger partial charge is 0.137 e. The van der Waals surface area contributed by atoms with Crippen molar-refractivity contribution in [3.8, 4) is 0 Å². The van der Waals surface area contributed by atoms with Crippen LogP contribution in [0, 0.1) is 0 Å². The predicted molar refractivity (Wildman–Crippen MR) is 73.1 cm³/mol. The number of anilines is 1. The van der Waals surface area contributed by atoms with Gasteiger partial charge in [-0.1, -0.05) is 24.9 Å². The molecule has 4 nitrogen and oxygen atoms in total. The van der Waals surface area contributed by atoms with Crippen molar-refractivity contribution in [3.63, 3.8) is 0 Å². The zero-order valence-corrected chi connectivity index (χ0v) is 11.5. The van der Waals surface area contributed by atoms with Crippen molar-refractivity contribution in [2.45, 2.75) is 45.1 Å². The Kier molecular flexibility index (Phi) is 4.78. The Balaban J connectivity index is 2.30. The van der Waals surface area contributed by atoms with Gasteiger partial charge in [0.2, 0.25) is 0 Å². The lowest BCUT2D eigenvalue weighted by atomic mass is 9.91. The van der Waals surface area contributed by atoms with Gasteiger partial charge in [-0.25, -0.2) is 9.97 Å². The van der Waals surface area contributed by atoms with Crippen LogP contribution in [0.3, 0.4) is 0 Å². The minimum atomic E-state index is 0.143. The molecule has 0 radical (unpaired) electrons. The number of hydrogen-bond acceptors (Lipinski definition) is 4. The number of rotatable bonds is 6. The molecule has 0 atom stereocenters. The van der Waals surface area contributed by atoms with Gasteiger partial charge in [-0.05, 0) is 25.7 Å². The van der Waals surface area contributed by atoms with Crippen LogP contribution in [0.4, 0.5) is 5.82 Å². The molecule has 0 aliphatic heterocycles. The quantitative estimate of drug-likeness (QED) is 0.806. The number of halogens is 1. The Hall–Kier alpha value is -0.870. The lowest BCUT2D eigenvalue weighted by Gasteiger charge is -2.39. The van der Waals surface area contributed by atoms with Crippen LogP contribution in [0.5, 0.6) is 0 Å². The third-order valence-corrected chi connectivity index (χ3v) is 3.82. The van der Waals surface area contributed by atoms with E-state index in [-0.39, 0.29) is 6.61 Å². The fourth-order valence-electron chi connectivity index (χ4n) is 2.36. The van der Waals surface area contributed by atoms with Crippen LogP contribution in [0.2, 0.25) is 5.15 Å². The van der Waals surface area contributed by atoms with E-state index >= 15 is 0 Å².